The first-order valence-electron chi connectivity index (χ1n) is 6.37. The third-order valence-corrected chi connectivity index (χ3v) is 3.07. The number of nitrogens with one attached hydrogen (secondary N) is 1. The van der Waals surface area contributed by atoms with E-state index in [-0.39, 0.29) is 16.3 Å². The molecule has 0 aliphatic rings. The maximum Gasteiger partial charge on any atom is 0.573 e. The van der Waals surface area contributed by atoms with Crippen LogP contribution in [0.3, 0.4) is 0 Å². The zero-order chi connectivity index (χ0) is 19.2. The lowest BCUT2D eigenvalue weighted by Gasteiger charge is -2.08. The van der Waals surface area contributed by atoms with Gasteiger partial charge in [0, 0.05) is 22.4 Å². The third kappa shape index (κ3) is 6.90. The zero-order valence-electron chi connectivity index (χ0n) is 12.3. The molecular weight excluding hydrogens is 384 g/mol. The van der Waals surface area contributed by atoms with Crippen molar-refractivity contribution in [3.8, 4) is 11.5 Å². The molecule has 25 heavy (non-hydrogen) atoms. The lowest BCUT2D eigenvalue weighted by molar-refractivity contribution is -0.274. The van der Waals surface area contributed by atoms with E-state index in [9.17, 15) is 23.1 Å². The summed E-state index contributed by atoms with van der Waals surface area (Å²) < 4.78 is 38.8. The summed E-state index contributed by atoms with van der Waals surface area (Å²) in [5.74, 6) is -1.38. The second kappa shape index (κ2) is 8.59. The van der Waals surface area contributed by atoms with Gasteiger partial charge in [-0.05, 0) is 30.3 Å². The number of amides is 1. The van der Waals surface area contributed by atoms with E-state index in [0.29, 0.717) is 10.6 Å². The average molecular weight is 395 g/mol. The molecule has 0 fully saturated rings. The van der Waals surface area contributed by atoms with Crippen LogP contribution in [0.5, 0.6) is 11.5 Å². The second-order valence-corrected chi connectivity index (χ2v) is 5.25. The number of rotatable bonds is 3. The van der Waals surface area contributed by atoms with E-state index < -0.39 is 18.0 Å². The number of nitrogens with two attached hydrogens (primary N) is 1. The predicted molar refractivity (Wildman–Crippen MR) is 87.7 cm³/mol. The van der Waals surface area contributed by atoms with E-state index in [2.05, 4.69) is 4.74 Å². The van der Waals surface area contributed by atoms with Crippen molar-refractivity contribution in [2.75, 3.05) is 0 Å². The number of aromatic hydroxyl groups is 1. The number of carbonyl (C=O) groups is 1. The smallest absolute Gasteiger partial charge is 0.506 e. The minimum Gasteiger partial charge on any atom is -0.506 e. The van der Waals surface area contributed by atoms with Crippen LogP contribution in [0.15, 0.2) is 36.4 Å². The molecule has 0 unspecified atom stereocenters. The summed E-state index contributed by atoms with van der Waals surface area (Å²) in [4.78, 5) is 10.6. The Morgan fingerprint density at radius 3 is 2.40 bits per heavy atom. The standard InChI is InChI=1S/C8H6F3NO2.C7H5Cl2NO/c9-8(10,11)14-6-3-1-2-5(4-6)7(12)13;8-5-1-4(3-10)7(11)6(9)2-5/h1-4H,(H2,12,13);1-3,10-11H. The number of benzene rings is 2. The van der Waals surface area contributed by atoms with Gasteiger partial charge >= 0.3 is 6.36 Å². The molecule has 0 heterocycles. The lowest BCUT2D eigenvalue weighted by atomic mass is 10.2. The third-order valence-electron chi connectivity index (χ3n) is 2.57. The summed E-state index contributed by atoms with van der Waals surface area (Å²) in [6, 6.07) is 7.45. The van der Waals surface area contributed by atoms with E-state index in [1.54, 1.807) is 0 Å². The zero-order valence-corrected chi connectivity index (χ0v) is 13.8. The van der Waals surface area contributed by atoms with Gasteiger partial charge in [0.15, 0.2) is 0 Å². The predicted octanol–water partition coefficient (Wildman–Crippen LogP) is 4.38. The molecular formula is C15H11Cl2F3N2O3. The van der Waals surface area contributed by atoms with Crippen LogP contribution >= 0.6 is 23.2 Å². The Morgan fingerprint density at radius 1 is 1.24 bits per heavy atom. The van der Waals surface area contributed by atoms with E-state index in [4.69, 9.17) is 34.3 Å². The maximum atomic E-state index is 11.7. The Hall–Kier alpha value is -2.45. The maximum absolute atomic E-state index is 11.7. The molecule has 2 rings (SSSR count). The molecule has 0 bridgehead atoms. The SMILES string of the molecule is N=Cc1cc(Cl)cc(Cl)c1O.NC(=O)c1cccc(OC(F)(F)F)c1. The van der Waals surface area contributed by atoms with Gasteiger partial charge < -0.3 is 21.0 Å². The number of phenols is 1. The van der Waals surface area contributed by atoms with Crippen LogP contribution in [0.1, 0.15) is 15.9 Å². The van der Waals surface area contributed by atoms with Crippen LogP contribution < -0.4 is 10.5 Å². The minimum absolute atomic E-state index is 0.0354. The molecule has 0 saturated carbocycles. The summed E-state index contributed by atoms with van der Waals surface area (Å²) in [5, 5.41) is 16.6. The number of halogens is 5. The molecule has 0 aromatic heterocycles. The summed E-state index contributed by atoms with van der Waals surface area (Å²) in [7, 11) is 0. The van der Waals surface area contributed by atoms with Crippen LogP contribution in [0.4, 0.5) is 13.2 Å². The Bertz CT molecular complexity index is 783. The molecule has 0 radical (unpaired) electrons. The number of carbonyl (C=O) groups excluding carboxylic acids is 1. The quantitative estimate of drug-likeness (QED) is 0.673. The fraction of sp³-hybridized carbons (Fsp3) is 0.0667. The highest BCUT2D eigenvalue weighted by atomic mass is 35.5. The van der Waals surface area contributed by atoms with Crippen LogP contribution in [-0.2, 0) is 0 Å². The Balaban J connectivity index is 0.000000257. The fourth-order valence-electron chi connectivity index (χ4n) is 1.54. The first kappa shape index (κ1) is 20.6. The van der Waals surface area contributed by atoms with Gasteiger partial charge in [0.1, 0.15) is 11.5 Å². The molecule has 0 aliphatic heterocycles. The molecule has 2 aromatic carbocycles. The Morgan fingerprint density at radius 2 is 1.88 bits per heavy atom. The van der Waals surface area contributed by atoms with Gasteiger partial charge in [-0.15, -0.1) is 13.2 Å². The van der Waals surface area contributed by atoms with Crippen LogP contribution in [-0.4, -0.2) is 23.6 Å². The second-order valence-electron chi connectivity index (χ2n) is 4.41. The van der Waals surface area contributed by atoms with Gasteiger partial charge in [-0.1, -0.05) is 29.3 Å². The average Bonchev–Trinajstić information content (AvgIpc) is 2.50. The molecule has 4 N–H and O–H groups in total. The number of ether oxygens (including phenoxy) is 1. The molecule has 5 nitrogen and oxygen atoms in total. The topological polar surface area (TPSA) is 96.4 Å². The summed E-state index contributed by atoms with van der Waals surface area (Å²) >= 11 is 11.2. The highest BCUT2D eigenvalue weighted by Crippen LogP contribution is 2.29. The van der Waals surface area contributed by atoms with E-state index >= 15 is 0 Å². The van der Waals surface area contributed by atoms with E-state index in [1.807, 2.05) is 0 Å². The van der Waals surface area contributed by atoms with Crippen molar-refractivity contribution in [3.05, 3.63) is 57.6 Å². The summed E-state index contributed by atoms with van der Waals surface area (Å²) in [5.41, 5.74) is 5.16. The number of hydrogen-bond donors (Lipinski definition) is 3. The van der Waals surface area contributed by atoms with E-state index in [1.165, 1.54) is 24.3 Å². The van der Waals surface area contributed by atoms with Crippen molar-refractivity contribution in [2.24, 2.45) is 5.73 Å². The highest BCUT2D eigenvalue weighted by molar-refractivity contribution is 6.36. The van der Waals surface area contributed by atoms with Crippen molar-refractivity contribution in [1.29, 1.82) is 5.41 Å². The Kier molecular flexibility index (Phi) is 7.08. The van der Waals surface area contributed by atoms with E-state index in [0.717, 1.165) is 18.3 Å². The summed E-state index contributed by atoms with van der Waals surface area (Å²) in [6.45, 7) is 0. The van der Waals surface area contributed by atoms with Crippen molar-refractivity contribution in [2.45, 2.75) is 6.36 Å². The molecule has 2 aromatic rings. The number of phenolic OH excluding ortho intramolecular Hbond substituents is 1. The minimum atomic E-state index is -4.77. The monoisotopic (exact) mass is 394 g/mol. The molecule has 0 spiro atoms. The molecule has 0 aliphatic carbocycles. The van der Waals surface area contributed by atoms with Gasteiger partial charge in [-0.2, -0.15) is 0 Å². The van der Waals surface area contributed by atoms with Crippen molar-refractivity contribution in [3.63, 3.8) is 0 Å². The largest absolute Gasteiger partial charge is 0.573 e. The summed E-state index contributed by atoms with van der Waals surface area (Å²) in [6.07, 6.45) is -3.77. The highest BCUT2D eigenvalue weighted by Gasteiger charge is 2.31. The molecule has 10 heteroatoms. The first-order valence-corrected chi connectivity index (χ1v) is 7.13. The van der Waals surface area contributed by atoms with Crippen LogP contribution in [0.2, 0.25) is 10.0 Å². The van der Waals surface area contributed by atoms with Crippen LogP contribution in [0.25, 0.3) is 0 Å². The number of hydrogen-bond acceptors (Lipinski definition) is 4. The molecule has 0 saturated heterocycles. The van der Waals surface area contributed by atoms with Gasteiger partial charge in [-0.3, -0.25) is 4.79 Å². The Labute approximate surface area is 150 Å². The number of primary amides is 1. The van der Waals surface area contributed by atoms with Gasteiger partial charge in [-0.25, -0.2) is 0 Å². The normalized spacial score (nSPS) is 10.4. The molecule has 0 atom stereocenters. The van der Waals surface area contributed by atoms with Crippen molar-refractivity contribution >= 4 is 35.3 Å². The lowest BCUT2D eigenvalue weighted by Crippen LogP contribution is -2.18. The van der Waals surface area contributed by atoms with Crippen molar-refractivity contribution < 1.29 is 27.8 Å². The van der Waals surface area contributed by atoms with Gasteiger partial charge in [0.2, 0.25) is 5.91 Å². The first-order chi connectivity index (χ1) is 11.5. The molecule has 1 amide bonds. The van der Waals surface area contributed by atoms with Gasteiger partial charge in [0.05, 0.1) is 5.02 Å². The van der Waals surface area contributed by atoms with Gasteiger partial charge in [0.25, 0.3) is 0 Å². The number of alkyl halides is 3. The molecule has 134 valence electrons. The fourth-order valence-corrected chi connectivity index (χ4v) is 2.05. The van der Waals surface area contributed by atoms with Crippen LogP contribution in [0, 0.1) is 5.41 Å². The van der Waals surface area contributed by atoms with Crippen molar-refractivity contribution in [1.82, 2.24) is 0 Å².